The number of aryl methyl sites for hydroxylation is 1. The third-order valence-electron chi connectivity index (χ3n) is 3.42. The van der Waals surface area contributed by atoms with Gasteiger partial charge in [0.25, 0.3) is 0 Å². The van der Waals surface area contributed by atoms with Gasteiger partial charge in [-0.25, -0.2) is 21.9 Å². The molecule has 0 bridgehead atoms. The first-order valence-electron chi connectivity index (χ1n) is 6.99. The number of sulfonamides is 1. The van der Waals surface area contributed by atoms with Crippen LogP contribution >= 0.6 is 0 Å². The van der Waals surface area contributed by atoms with Crippen molar-refractivity contribution in [1.29, 1.82) is 0 Å². The summed E-state index contributed by atoms with van der Waals surface area (Å²) in [5, 5.41) is 9.99. The van der Waals surface area contributed by atoms with Gasteiger partial charge in [-0.2, -0.15) is 0 Å². The summed E-state index contributed by atoms with van der Waals surface area (Å²) in [7, 11) is -2.05. The molecule has 0 aliphatic rings. The van der Waals surface area contributed by atoms with Gasteiger partial charge in [0.15, 0.2) is 0 Å². The number of nitrogens with one attached hydrogen (secondary N) is 1. The number of aliphatic hydroxyl groups excluding tert-OH is 1. The van der Waals surface area contributed by atoms with Crippen molar-refractivity contribution >= 4 is 10.0 Å². The Morgan fingerprint density at radius 2 is 2.04 bits per heavy atom. The van der Waals surface area contributed by atoms with Crippen LogP contribution < -0.4 is 4.72 Å². The zero-order valence-corrected chi connectivity index (χ0v) is 13.4. The largest absolute Gasteiger partial charge is 0.387 e. The summed E-state index contributed by atoms with van der Waals surface area (Å²) in [6, 6.07) is 6.18. The van der Waals surface area contributed by atoms with E-state index >= 15 is 0 Å². The SMILES string of the molecule is Cn1cccc1C(O)CCNS(=O)(=O)Cc1cc(F)ccc1F. The Morgan fingerprint density at radius 3 is 2.70 bits per heavy atom. The van der Waals surface area contributed by atoms with Gasteiger partial charge in [-0.1, -0.05) is 0 Å². The molecule has 5 nitrogen and oxygen atoms in total. The lowest BCUT2D eigenvalue weighted by Gasteiger charge is -2.13. The molecule has 0 radical (unpaired) electrons. The van der Waals surface area contributed by atoms with E-state index < -0.39 is 33.5 Å². The van der Waals surface area contributed by atoms with E-state index in [4.69, 9.17) is 0 Å². The Balaban J connectivity index is 1.92. The van der Waals surface area contributed by atoms with Gasteiger partial charge in [0.2, 0.25) is 10.0 Å². The van der Waals surface area contributed by atoms with Gasteiger partial charge in [0.05, 0.1) is 11.9 Å². The van der Waals surface area contributed by atoms with Crippen LogP contribution in [0.15, 0.2) is 36.5 Å². The molecular weight excluding hydrogens is 326 g/mol. The van der Waals surface area contributed by atoms with Gasteiger partial charge < -0.3 is 9.67 Å². The summed E-state index contributed by atoms with van der Waals surface area (Å²) in [4.78, 5) is 0. The lowest BCUT2D eigenvalue weighted by molar-refractivity contribution is 0.161. The molecule has 0 saturated heterocycles. The molecule has 1 unspecified atom stereocenters. The van der Waals surface area contributed by atoms with Crippen molar-refractivity contribution in [2.24, 2.45) is 7.05 Å². The fraction of sp³-hybridized carbons (Fsp3) is 0.333. The zero-order valence-electron chi connectivity index (χ0n) is 12.5. The molecule has 0 aliphatic heterocycles. The van der Waals surface area contributed by atoms with Crippen LogP contribution in [0.3, 0.4) is 0 Å². The summed E-state index contributed by atoms with van der Waals surface area (Å²) in [5.74, 6) is -2.13. The average molecular weight is 344 g/mol. The number of hydrogen-bond donors (Lipinski definition) is 2. The molecule has 126 valence electrons. The number of hydrogen-bond acceptors (Lipinski definition) is 3. The predicted octanol–water partition coefficient (Wildman–Crippen LogP) is 1.85. The maximum absolute atomic E-state index is 13.5. The third kappa shape index (κ3) is 4.85. The summed E-state index contributed by atoms with van der Waals surface area (Å²) in [6.45, 7) is -0.00832. The van der Waals surface area contributed by atoms with Crippen LogP contribution in [-0.2, 0) is 22.8 Å². The minimum absolute atomic E-state index is 0.00832. The molecule has 23 heavy (non-hydrogen) atoms. The van der Waals surface area contributed by atoms with Crippen molar-refractivity contribution < 1.29 is 22.3 Å². The maximum atomic E-state index is 13.5. The lowest BCUT2D eigenvalue weighted by Crippen LogP contribution is -2.27. The Morgan fingerprint density at radius 1 is 1.30 bits per heavy atom. The molecule has 2 aromatic rings. The standard InChI is InChI=1S/C15H18F2N2O3S/c1-19-8-2-3-14(19)15(20)6-7-18-23(21,22)10-11-9-12(16)4-5-13(11)17/h2-5,8-9,15,18,20H,6-7,10H2,1H3. The Labute approximate surface area is 133 Å². The first-order valence-corrected chi connectivity index (χ1v) is 8.64. The summed E-state index contributed by atoms with van der Waals surface area (Å²) >= 11 is 0. The van der Waals surface area contributed by atoms with E-state index in [1.165, 1.54) is 0 Å². The molecule has 1 heterocycles. The Kier molecular flexibility index (Phi) is 5.51. The first-order chi connectivity index (χ1) is 10.8. The molecule has 2 N–H and O–H groups in total. The topological polar surface area (TPSA) is 71.3 Å². The van der Waals surface area contributed by atoms with Crippen LogP contribution in [0, 0.1) is 11.6 Å². The molecule has 0 aliphatic carbocycles. The number of nitrogens with zero attached hydrogens (tertiary/aromatic N) is 1. The van der Waals surface area contributed by atoms with E-state index in [1.807, 2.05) is 0 Å². The molecule has 0 fully saturated rings. The second-order valence-corrected chi connectivity index (χ2v) is 7.04. The van der Waals surface area contributed by atoms with Crippen molar-refractivity contribution in [3.63, 3.8) is 0 Å². The summed E-state index contributed by atoms with van der Waals surface area (Å²) in [5.41, 5.74) is 0.431. The highest BCUT2D eigenvalue weighted by Crippen LogP contribution is 2.16. The van der Waals surface area contributed by atoms with Gasteiger partial charge in [-0.15, -0.1) is 0 Å². The number of benzene rings is 1. The van der Waals surface area contributed by atoms with Gasteiger partial charge in [-0.05, 0) is 36.8 Å². The minimum Gasteiger partial charge on any atom is -0.387 e. The first kappa shape index (κ1) is 17.6. The van der Waals surface area contributed by atoms with E-state index in [0.29, 0.717) is 5.69 Å². The van der Waals surface area contributed by atoms with Crippen molar-refractivity contribution in [1.82, 2.24) is 9.29 Å². The van der Waals surface area contributed by atoms with Crippen molar-refractivity contribution in [2.45, 2.75) is 18.3 Å². The highest BCUT2D eigenvalue weighted by molar-refractivity contribution is 7.88. The van der Waals surface area contributed by atoms with Crippen LogP contribution in [0.4, 0.5) is 8.78 Å². The summed E-state index contributed by atoms with van der Waals surface area (Å²) in [6.07, 6.45) is 1.13. The van der Waals surface area contributed by atoms with Crippen LogP contribution in [-0.4, -0.2) is 24.6 Å². The predicted molar refractivity (Wildman–Crippen MR) is 82.0 cm³/mol. The second-order valence-electron chi connectivity index (χ2n) is 5.24. The highest BCUT2D eigenvalue weighted by Gasteiger charge is 2.17. The minimum atomic E-state index is -3.82. The second kappa shape index (κ2) is 7.20. The van der Waals surface area contributed by atoms with Crippen LogP contribution in [0.5, 0.6) is 0 Å². The number of aliphatic hydroxyl groups is 1. The van der Waals surface area contributed by atoms with E-state index in [9.17, 15) is 22.3 Å². The Hall–Kier alpha value is -1.77. The molecular formula is C15H18F2N2O3S. The monoisotopic (exact) mass is 344 g/mol. The fourth-order valence-corrected chi connectivity index (χ4v) is 3.39. The fourth-order valence-electron chi connectivity index (χ4n) is 2.23. The molecule has 1 aromatic carbocycles. The number of rotatable bonds is 7. The quantitative estimate of drug-likeness (QED) is 0.805. The Bertz CT molecular complexity index is 775. The number of aromatic nitrogens is 1. The molecule has 1 aromatic heterocycles. The highest BCUT2D eigenvalue weighted by atomic mass is 32.2. The normalized spacial score (nSPS) is 13.2. The van der Waals surface area contributed by atoms with Gasteiger partial charge in [0, 0.05) is 31.0 Å². The molecule has 0 amide bonds. The average Bonchev–Trinajstić information content (AvgIpc) is 2.88. The van der Waals surface area contributed by atoms with Crippen molar-refractivity contribution in [3.8, 4) is 0 Å². The summed E-state index contributed by atoms with van der Waals surface area (Å²) < 4.78 is 54.4. The van der Waals surface area contributed by atoms with Gasteiger partial charge >= 0.3 is 0 Å². The molecule has 0 saturated carbocycles. The zero-order chi connectivity index (χ0) is 17.0. The van der Waals surface area contributed by atoms with Gasteiger partial charge in [-0.3, -0.25) is 0 Å². The van der Waals surface area contributed by atoms with Crippen molar-refractivity contribution in [3.05, 3.63) is 59.4 Å². The van der Waals surface area contributed by atoms with Crippen LogP contribution in [0.1, 0.15) is 23.8 Å². The third-order valence-corrected chi connectivity index (χ3v) is 4.75. The smallest absolute Gasteiger partial charge is 0.215 e. The van der Waals surface area contributed by atoms with Crippen molar-refractivity contribution in [2.75, 3.05) is 6.54 Å². The van der Waals surface area contributed by atoms with E-state index in [-0.39, 0.29) is 18.5 Å². The van der Waals surface area contributed by atoms with E-state index in [1.54, 1.807) is 29.9 Å². The van der Waals surface area contributed by atoms with Gasteiger partial charge in [0.1, 0.15) is 11.6 Å². The molecule has 2 rings (SSSR count). The molecule has 8 heteroatoms. The maximum Gasteiger partial charge on any atom is 0.215 e. The lowest BCUT2D eigenvalue weighted by atomic mass is 10.2. The van der Waals surface area contributed by atoms with E-state index in [2.05, 4.69) is 4.72 Å². The number of halogens is 2. The van der Waals surface area contributed by atoms with Crippen LogP contribution in [0.25, 0.3) is 0 Å². The molecule has 1 atom stereocenters. The molecule has 0 spiro atoms. The van der Waals surface area contributed by atoms with E-state index in [0.717, 1.165) is 18.2 Å². The van der Waals surface area contributed by atoms with Crippen LogP contribution in [0.2, 0.25) is 0 Å².